The highest BCUT2D eigenvalue weighted by Gasteiger charge is 2.19. The lowest BCUT2D eigenvalue weighted by Gasteiger charge is -2.11. The van der Waals surface area contributed by atoms with E-state index in [9.17, 15) is 19.1 Å². The highest BCUT2D eigenvalue weighted by Crippen LogP contribution is 2.29. The van der Waals surface area contributed by atoms with Crippen LogP contribution in [0.25, 0.3) is 21.7 Å². The van der Waals surface area contributed by atoms with Crippen LogP contribution >= 0.6 is 11.6 Å². The Hall–Kier alpha value is -3.46. The second-order valence-electron chi connectivity index (χ2n) is 7.94. The van der Waals surface area contributed by atoms with E-state index in [0.717, 1.165) is 5.39 Å². The lowest BCUT2D eigenvalue weighted by molar-refractivity contribution is 0.0849. The van der Waals surface area contributed by atoms with Crippen LogP contribution in [0.15, 0.2) is 54.7 Å². The average molecular weight is 485 g/mol. The third-order valence-electron chi connectivity index (χ3n) is 5.58. The molecule has 34 heavy (non-hydrogen) atoms. The van der Waals surface area contributed by atoms with Gasteiger partial charge in [-0.2, -0.15) is 0 Å². The molecule has 1 aromatic heterocycles. The molecule has 0 aliphatic carbocycles. The van der Waals surface area contributed by atoms with Gasteiger partial charge in [-0.05, 0) is 59.7 Å². The molecule has 0 saturated heterocycles. The first-order valence-electron chi connectivity index (χ1n) is 10.5. The first kappa shape index (κ1) is 23.7. The van der Waals surface area contributed by atoms with Gasteiger partial charge in [0.15, 0.2) is 6.61 Å². The maximum atomic E-state index is 13.9. The van der Waals surface area contributed by atoms with Gasteiger partial charge in [-0.1, -0.05) is 17.7 Å². The number of Topliss-reactive ketones (excluding diaryl/α,β-unsaturated/α-hetero) is 1. The van der Waals surface area contributed by atoms with E-state index in [1.807, 2.05) is 0 Å². The molecule has 1 unspecified atom stereocenters. The number of nitrogens with two attached hydrogens (primary N) is 1. The number of aryl methyl sites for hydroxylation is 1. The monoisotopic (exact) mass is 484 g/mol. The molecule has 3 aromatic carbocycles. The molecule has 0 aliphatic heterocycles. The van der Waals surface area contributed by atoms with Crippen LogP contribution in [0.2, 0.25) is 5.02 Å². The number of aliphatic hydroxyl groups excluding tert-OH is 2. The van der Waals surface area contributed by atoms with E-state index in [1.54, 1.807) is 41.1 Å². The minimum atomic E-state index is -0.927. The Morgan fingerprint density at radius 1 is 1.09 bits per heavy atom. The van der Waals surface area contributed by atoms with Crippen LogP contribution in [0, 0.1) is 5.82 Å². The largest absolute Gasteiger partial charge is 0.485 e. The first-order valence-corrected chi connectivity index (χ1v) is 10.9. The average Bonchev–Trinajstić information content (AvgIpc) is 3.17. The van der Waals surface area contributed by atoms with Gasteiger partial charge in [-0.3, -0.25) is 9.59 Å². The second kappa shape index (κ2) is 9.80. The Kier molecular flexibility index (Phi) is 6.83. The van der Waals surface area contributed by atoms with Crippen LogP contribution in [0.3, 0.4) is 0 Å². The number of aromatic nitrogens is 1. The van der Waals surface area contributed by atoms with Gasteiger partial charge in [0.05, 0.1) is 23.8 Å². The fraction of sp³-hybridized carbons (Fsp3) is 0.200. The van der Waals surface area contributed by atoms with E-state index in [-0.39, 0.29) is 36.7 Å². The van der Waals surface area contributed by atoms with Crippen LogP contribution in [-0.4, -0.2) is 45.8 Å². The molecule has 1 atom stereocenters. The Balaban J connectivity index is 1.62. The maximum Gasteiger partial charge on any atom is 0.252 e. The van der Waals surface area contributed by atoms with Crippen molar-refractivity contribution >= 4 is 45.0 Å². The van der Waals surface area contributed by atoms with Crippen molar-refractivity contribution in [2.75, 3.05) is 13.2 Å². The highest BCUT2D eigenvalue weighted by molar-refractivity contribution is 6.31. The van der Waals surface area contributed by atoms with Crippen LogP contribution < -0.4 is 10.5 Å². The second-order valence-corrected chi connectivity index (χ2v) is 8.38. The quantitative estimate of drug-likeness (QED) is 0.313. The van der Waals surface area contributed by atoms with Crippen molar-refractivity contribution in [3.8, 4) is 5.75 Å². The SMILES string of the molecule is NC(=O)c1cc2cc(Cl)ccc2cc1OCC(=O)c1cn(CCC(O)CO)c2cc(F)ccc12. The zero-order chi connectivity index (χ0) is 24.4. The summed E-state index contributed by atoms with van der Waals surface area (Å²) < 4.78 is 21.2. The van der Waals surface area contributed by atoms with Gasteiger partial charge in [-0.15, -0.1) is 0 Å². The van der Waals surface area contributed by atoms with E-state index in [2.05, 4.69) is 0 Å². The summed E-state index contributed by atoms with van der Waals surface area (Å²) >= 11 is 6.02. The Bertz CT molecular complexity index is 1400. The van der Waals surface area contributed by atoms with Crippen LogP contribution in [0.5, 0.6) is 5.75 Å². The number of primary amides is 1. The molecular weight excluding hydrogens is 463 g/mol. The van der Waals surface area contributed by atoms with Crippen LogP contribution in [0.4, 0.5) is 4.39 Å². The number of ether oxygens (including phenoxy) is 1. The molecule has 0 aliphatic rings. The standard InChI is InChI=1S/C25H22ClFN2O5/c26-16-2-1-14-9-24(20(25(28)33)8-15(14)7-16)34-13-23(32)21-11-29(6-5-18(31)12-30)22-10-17(27)3-4-19(21)22/h1-4,7-11,18,30-31H,5-6,12-13H2,(H2,28,33). The van der Waals surface area contributed by atoms with Crippen molar-refractivity contribution in [3.63, 3.8) is 0 Å². The number of nitrogens with zero attached hydrogens (tertiary/aromatic N) is 1. The molecule has 0 fully saturated rings. The number of halogens is 2. The smallest absolute Gasteiger partial charge is 0.252 e. The normalized spacial score (nSPS) is 12.2. The lowest BCUT2D eigenvalue weighted by atomic mass is 10.1. The lowest BCUT2D eigenvalue weighted by Crippen LogP contribution is -2.17. The minimum absolute atomic E-state index is 0.116. The number of amides is 1. The number of fused-ring (bicyclic) bond motifs is 2. The molecule has 0 saturated carbocycles. The molecule has 1 amide bonds. The van der Waals surface area contributed by atoms with E-state index < -0.39 is 24.4 Å². The number of hydrogen-bond acceptors (Lipinski definition) is 5. The zero-order valence-electron chi connectivity index (χ0n) is 18.0. The maximum absolute atomic E-state index is 13.9. The number of ketones is 1. The van der Waals surface area contributed by atoms with Crippen molar-refractivity contribution in [1.82, 2.24) is 4.57 Å². The number of carbonyl (C=O) groups excluding carboxylic acids is 2. The predicted molar refractivity (Wildman–Crippen MR) is 127 cm³/mol. The molecular formula is C25H22ClFN2O5. The number of hydrogen-bond donors (Lipinski definition) is 3. The predicted octanol–water partition coefficient (Wildman–Crippen LogP) is 3.69. The number of aliphatic hydroxyl groups is 2. The van der Waals surface area contributed by atoms with Gasteiger partial charge >= 0.3 is 0 Å². The summed E-state index contributed by atoms with van der Waals surface area (Å²) in [5, 5.41) is 21.2. The van der Waals surface area contributed by atoms with Crippen molar-refractivity contribution in [1.29, 1.82) is 0 Å². The molecule has 176 valence electrons. The minimum Gasteiger partial charge on any atom is -0.485 e. The summed E-state index contributed by atoms with van der Waals surface area (Å²) in [5.74, 6) is -1.40. The molecule has 4 N–H and O–H groups in total. The fourth-order valence-electron chi connectivity index (χ4n) is 3.83. The molecule has 9 heteroatoms. The summed E-state index contributed by atoms with van der Waals surface area (Å²) in [7, 11) is 0. The Morgan fingerprint density at radius 3 is 2.62 bits per heavy atom. The molecule has 4 aromatic rings. The Labute approximate surface area is 199 Å². The third-order valence-corrected chi connectivity index (χ3v) is 5.82. The van der Waals surface area contributed by atoms with Gasteiger partial charge in [0.1, 0.15) is 11.6 Å². The van der Waals surface area contributed by atoms with Crippen molar-refractivity contribution < 1.29 is 28.9 Å². The van der Waals surface area contributed by atoms with Gasteiger partial charge in [0.25, 0.3) is 5.91 Å². The fourth-order valence-corrected chi connectivity index (χ4v) is 4.01. The molecule has 4 rings (SSSR count). The van der Waals surface area contributed by atoms with Crippen LogP contribution in [-0.2, 0) is 6.54 Å². The number of carbonyl (C=O) groups is 2. The molecule has 0 bridgehead atoms. The van der Waals surface area contributed by atoms with Crippen molar-refractivity contribution in [2.24, 2.45) is 5.73 Å². The van der Waals surface area contributed by atoms with E-state index in [4.69, 9.17) is 27.2 Å². The summed E-state index contributed by atoms with van der Waals surface area (Å²) in [6.45, 7) is -0.503. The van der Waals surface area contributed by atoms with E-state index >= 15 is 0 Å². The molecule has 1 heterocycles. The van der Waals surface area contributed by atoms with Gasteiger partial charge in [0, 0.05) is 28.7 Å². The van der Waals surface area contributed by atoms with Crippen molar-refractivity contribution in [3.05, 3.63) is 76.7 Å². The Morgan fingerprint density at radius 2 is 1.88 bits per heavy atom. The summed E-state index contributed by atoms with van der Waals surface area (Å²) in [6.07, 6.45) is 0.866. The van der Waals surface area contributed by atoms with Crippen molar-refractivity contribution in [2.45, 2.75) is 19.1 Å². The highest BCUT2D eigenvalue weighted by atomic mass is 35.5. The number of benzene rings is 3. The van der Waals surface area contributed by atoms with E-state index in [1.165, 1.54) is 18.2 Å². The topological polar surface area (TPSA) is 115 Å². The molecule has 7 nitrogen and oxygen atoms in total. The van der Waals surface area contributed by atoms with Gasteiger partial charge in [-0.25, -0.2) is 4.39 Å². The van der Waals surface area contributed by atoms with Gasteiger partial charge < -0.3 is 25.3 Å². The zero-order valence-corrected chi connectivity index (χ0v) is 18.8. The first-order chi connectivity index (χ1) is 16.3. The van der Waals surface area contributed by atoms with Crippen LogP contribution in [0.1, 0.15) is 27.1 Å². The van der Waals surface area contributed by atoms with Gasteiger partial charge in [0.2, 0.25) is 5.78 Å². The molecule has 0 spiro atoms. The summed E-state index contributed by atoms with van der Waals surface area (Å²) in [5.41, 5.74) is 6.41. The summed E-state index contributed by atoms with van der Waals surface area (Å²) in [6, 6.07) is 12.4. The molecule has 0 radical (unpaired) electrons. The van der Waals surface area contributed by atoms with E-state index in [0.29, 0.717) is 26.9 Å². The summed E-state index contributed by atoms with van der Waals surface area (Å²) in [4.78, 5) is 25.0. The number of rotatable bonds is 9. The third kappa shape index (κ3) is 4.89.